The zero-order valence-electron chi connectivity index (χ0n) is 30.7. The van der Waals surface area contributed by atoms with E-state index in [1.54, 1.807) is 6.20 Å². The highest BCUT2D eigenvalue weighted by Gasteiger charge is 2.62. The first-order valence-electron chi connectivity index (χ1n) is 18.9. The summed E-state index contributed by atoms with van der Waals surface area (Å²) in [4.78, 5) is 62.2. The number of amides is 3. The van der Waals surface area contributed by atoms with E-state index in [1.807, 2.05) is 45.0 Å². The second-order valence-electron chi connectivity index (χ2n) is 16.6. The van der Waals surface area contributed by atoms with Crippen molar-refractivity contribution in [3.8, 4) is 5.88 Å². The Hall–Kier alpha value is -4.26. The first-order valence-corrected chi connectivity index (χ1v) is 20.5. The topological polar surface area (TPSA) is 161 Å². The number of aromatic nitrogens is 1. The molecule has 4 bridgehead atoms. The van der Waals surface area contributed by atoms with E-state index in [1.165, 1.54) is 11.0 Å². The van der Waals surface area contributed by atoms with Crippen molar-refractivity contribution in [2.45, 2.75) is 114 Å². The Kier molecular flexibility index (Phi) is 9.92. The van der Waals surface area contributed by atoms with Crippen LogP contribution >= 0.6 is 0 Å². The SMILES string of the molecule is C=C[C@H]1C[C@]1(NC(=O)[C@@H]1C[C@@H]2CN1C(=O)[C@H](C(C)(C)C)CC(=O)O[C@H]1CCCC[C@@H]1C/C=C/c1ccc3ccnc(c3c1)O2)C(=O)NS(=O)(=O)C1CC1. The molecule has 3 aliphatic carbocycles. The molecule has 7 atom stereocenters. The molecule has 2 aromatic rings. The van der Waals surface area contributed by atoms with Gasteiger partial charge in [0.2, 0.25) is 27.7 Å². The smallest absolute Gasteiger partial charge is 0.306 e. The minimum absolute atomic E-state index is 0.0288. The quantitative estimate of drug-likeness (QED) is 0.312. The lowest BCUT2D eigenvalue weighted by Crippen LogP contribution is -2.57. The van der Waals surface area contributed by atoms with E-state index in [4.69, 9.17) is 9.47 Å². The van der Waals surface area contributed by atoms with Crippen LogP contribution in [0.4, 0.5) is 0 Å². The van der Waals surface area contributed by atoms with Gasteiger partial charge in [0.25, 0.3) is 5.91 Å². The summed E-state index contributed by atoms with van der Waals surface area (Å²) in [5.41, 5.74) is -1.24. The van der Waals surface area contributed by atoms with Crippen molar-refractivity contribution >= 4 is 50.6 Å². The number of ether oxygens (including phenoxy) is 2. The molecule has 12 nitrogen and oxygen atoms in total. The first kappa shape index (κ1) is 37.1. The number of hydrogen-bond donors (Lipinski definition) is 2. The molecule has 284 valence electrons. The lowest BCUT2D eigenvalue weighted by atomic mass is 9.77. The molecule has 3 amide bonds. The third-order valence-corrected chi connectivity index (χ3v) is 13.5. The zero-order chi connectivity index (χ0) is 37.7. The third-order valence-electron chi connectivity index (χ3n) is 11.7. The number of nitrogens with one attached hydrogen (secondary N) is 2. The molecule has 2 N–H and O–H groups in total. The van der Waals surface area contributed by atoms with Crippen molar-refractivity contribution in [2.75, 3.05) is 6.54 Å². The van der Waals surface area contributed by atoms with E-state index in [9.17, 15) is 27.6 Å². The Morgan fingerprint density at radius 1 is 1.08 bits per heavy atom. The molecule has 1 aromatic heterocycles. The van der Waals surface area contributed by atoms with Crippen LogP contribution in [0, 0.1) is 23.2 Å². The number of carbonyl (C=O) groups excluding carboxylic acids is 4. The van der Waals surface area contributed by atoms with Crippen molar-refractivity contribution in [1.82, 2.24) is 19.9 Å². The number of allylic oxidation sites excluding steroid dienone is 1. The van der Waals surface area contributed by atoms with Crippen LogP contribution in [-0.2, 0) is 33.9 Å². The van der Waals surface area contributed by atoms with Crippen LogP contribution in [0.1, 0.15) is 90.5 Å². The van der Waals surface area contributed by atoms with Gasteiger partial charge in [-0.1, -0.05) is 57.6 Å². The second kappa shape index (κ2) is 14.2. The molecule has 3 heterocycles. The minimum Gasteiger partial charge on any atom is -0.472 e. The predicted molar refractivity (Wildman–Crippen MR) is 199 cm³/mol. The standard InChI is InChI=1S/C40H50N4O8S/c1-5-27-22-40(27,38(48)43-53(49,50)29-15-16-29)42-35(46)32-20-28-23-44(32)37(47)31(39(2,3)4)21-34(45)52-33-12-7-6-10-26(33)11-8-9-24-13-14-25-17-18-41-36(51-28)30(25)19-24/h5,8-9,13-14,17-19,26-29,31-33H,1,6-7,10-12,15-16,20-23H2,2-4H3,(H,42,46)(H,43,48)/b9-8+/t26-,27+,28-,31-,32+,33+,40-/m1/s1. The van der Waals surface area contributed by atoms with Crippen LogP contribution in [0.5, 0.6) is 5.88 Å². The van der Waals surface area contributed by atoms with Gasteiger partial charge in [-0.05, 0) is 79.4 Å². The van der Waals surface area contributed by atoms with E-state index < -0.39 is 73.9 Å². The van der Waals surface area contributed by atoms with Crippen molar-refractivity contribution < 1.29 is 37.1 Å². The molecule has 7 rings (SSSR count). The van der Waals surface area contributed by atoms with E-state index in [2.05, 4.69) is 33.8 Å². The maximum atomic E-state index is 14.7. The Morgan fingerprint density at radius 2 is 1.85 bits per heavy atom. The number of esters is 1. The average Bonchev–Trinajstić information content (AvgIpc) is 4.04. The van der Waals surface area contributed by atoms with E-state index in [-0.39, 0.29) is 37.8 Å². The molecule has 4 fully saturated rings. The molecule has 53 heavy (non-hydrogen) atoms. The fraction of sp³-hybridized carbons (Fsp3) is 0.575. The monoisotopic (exact) mass is 746 g/mol. The van der Waals surface area contributed by atoms with Crippen molar-refractivity contribution in [3.05, 3.63) is 54.8 Å². The van der Waals surface area contributed by atoms with Crippen molar-refractivity contribution in [2.24, 2.45) is 23.2 Å². The molecule has 3 saturated carbocycles. The molecular formula is C40H50N4O8S. The Morgan fingerprint density at radius 3 is 2.57 bits per heavy atom. The Labute approximate surface area is 311 Å². The zero-order valence-corrected chi connectivity index (χ0v) is 31.5. The van der Waals surface area contributed by atoms with Crippen LogP contribution in [0.25, 0.3) is 16.8 Å². The third kappa shape index (κ3) is 7.72. The van der Waals surface area contributed by atoms with Crippen molar-refractivity contribution in [1.29, 1.82) is 0 Å². The van der Waals surface area contributed by atoms with Gasteiger partial charge in [0.1, 0.15) is 23.8 Å². The maximum absolute atomic E-state index is 14.7. The minimum atomic E-state index is -3.88. The number of carbonyl (C=O) groups is 4. The lowest BCUT2D eigenvalue weighted by Gasteiger charge is -2.36. The lowest BCUT2D eigenvalue weighted by molar-refractivity contribution is -0.160. The normalized spacial score (nSPS) is 31.3. The van der Waals surface area contributed by atoms with Crippen LogP contribution in [0.3, 0.4) is 0 Å². The fourth-order valence-electron chi connectivity index (χ4n) is 8.23. The van der Waals surface area contributed by atoms with Crippen molar-refractivity contribution in [3.63, 3.8) is 0 Å². The van der Waals surface area contributed by atoms with Crippen LogP contribution in [0.15, 0.2) is 49.2 Å². The summed E-state index contributed by atoms with van der Waals surface area (Å²) in [5.74, 6) is -3.07. The summed E-state index contributed by atoms with van der Waals surface area (Å²) in [5, 5.41) is 3.93. The summed E-state index contributed by atoms with van der Waals surface area (Å²) in [6.07, 6.45) is 12.0. The van der Waals surface area contributed by atoms with Gasteiger partial charge in [0, 0.05) is 23.9 Å². The summed E-state index contributed by atoms with van der Waals surface area (Å²) in [6, 6.07) is 6.85. The summed E-state index contributed by atoms with van der Waals surface area (Å²) in [7, 11) is -3.88. The van der Waals surface area contributed by atoms with E-state index in [0.717, 1.165) is 48.4 Å². The Balaban J connectivity index is 1.23. The van der Waals surface area contributed by atoms with E-state index in [0.29, 0.717) is 18.7 Å². The first-order chi connectivity index (χ1) is 25.2. The average molecular weight is 747 g/mol. The number of pyridine rings is 1. The molecule has 0 unspecified atom stereocenters. The highest BCUT2D eigenvalue weighted by molar-refractivity contribution is 7.91. The largest absolute Gasteiger partial charge is 0.472 e. The number of benzene rings is 1. The number of rotatable bonds is 6. The van der Waals surface area contributed by atoms with Gasteiger partial charge in [-0.25, -0.2) is 13.4 Å². The molecular weight excluding hydrogens is 697 g/mol. The van der Waals surface area contributed by atoms with Gasteiger partial charge in [0.15, 0.2) is 0 Å². The molecule has 0 radical (unpaired) electrons. The number of nitrogens with zero attached hydrogens (tertiary/aromatic N) is 2. The van der Waals surface area contributed by atoms with Gasteiger partial charge in [-0.3, -0.25) is 23.9 Å². The highest BCUT2D eigenvalue weighted by Crippen LogP contribution is 2.46. The summed E-state index contributed by atoms with van der Waals surface area (Å²) >= 11 is 0. The van der Waals surface area contributed by atoms with Gasteiger partial charge < -0.3 is 19.7 Å². The van der Waals surface area contributed by atoms with Crippen LogP contribution in [-0.4, -0.2) is 77.6 Å². The van der Waals surface area contributed by atoms with Gasteiger partial charge >= 0.3 is 5.97 Å². The fourth-order valence-corrected chi connectivity index (χ4v) is 9.60. The number of hydrogen-bond acceptors (Lipinski definition) is 9. The van der Waals surface area contributed by atoms with Crippen LogP contribution in [0.2, 0.25) is 0 Å². The van der Waals surface area contributed by atoms with Gasteiger partial charge in [0.05, 0.1) is 24.1 Å². The number of sulfonamides is 1. The second-order valence-corrected chi connectivity index (χ2v) is 18.6. The molecule has 0 spiro atoms. The van der Waals surface area contributed by atoms with Crippen LogP contribution < -0.4 is 14.8 Å². The molecule has 1 aromatic carbocycles. The van der Waals surface area contributed by atoms with E-state index >= 15 is 0 Å². The number of fused-ring (bicyclic) bond motifs is 4. The highest BCUT2D eigenvalue weighted by atomic mass is 32.2. The van der Waals surface area contributed by atoms with Gasteiger partial charge in [-0.15, -0.1) is 6.58 Å². The summed E-state index contributed by atoms with van der Waals surface area (Å²) < 4.78 is 40.3. The molecule has 13 heteroatoms. The summed E-state index contributed by atoms with van der Waals surface area (Å²) in [6.45, 7) is 9.49. The molecule has 5 aliphatic rings. The predicted octanol–water partition coefficient (Wildman–Crippen LogP) is 4.82. The maximum Gasteiger partial charge on any atom is 0.306 e. The molecule has 2 aliphatic heterocycles. The van der Waals surface area contributed by atoms with Gasteiger partial charge in [-0.2, -0.15) is 0 Å². The Bertz CT molecular complexity index is 1950. The molecule has 1 saturated heterocycles.